The lowest BCUT2D eigenvalue weighted by molar-refractivity contribution is -0.127. The van der Waals surface area contributed by atoms with Gasteiger partial charge in [0.05, 0.1) is 0 Å². The van der Waals surface area contributed by atoms with Gasteiger partial charge >= 0.3 is 0 Å². The lowest BCUT2D eigenvalue weighted by atomic mass is 10.3. The van der Waals surface area contributed by atoms with Gasteiger partial charge in [0.15, 0.2) is 5.96 Å². The van der Waals surface area contributed by atoms with Gasteiger partial charge in [0.2, 0.25) is 11.9 Å². The molecule has 1 aromatic rings. The van der Waals surface area contributed by atoms with Crippen molar-refractivity contribution in [1.82, 2.24) is 30.4 Å². The normalized spacial score (nSPS) is 18.4. The van der Waals surface area contributed by atoms with Crippen LogP contribution >= 0.6 is 0 Å². The van der Waals surface area contributed by atoms with E-state index in [2.05, 4.69) is 42.3 Å². The Kier molecular flexibility index (Phi) is 8.48. The first-order valence-electron chi connectivity index (χ1n) is 10.8. The molecule has 2 aliphatic rings. The average Bonchev–Trinajstić information content (AvgIpc) is 3.17. The van der Waals surface area contributed by atoms with Crippen molar-refractivity contribution in [1.29, 1.82) is 0 Å². The molecule has 0 radical (unpaired) electrons. The summed E-state index contributed by atoms with van der Waals surface area (Å²) in [5, 5.41) is 6.73. The van der Waals surface area contributed by atoms with Gasteiger partial charge in [-0.1, -0.05) is 0 Å². The maximum atomic E-state index is 11.6. The number of hydrogen-bond acceptors (Lipinski definition) is 6. The third kappa shape index (κ3) is 6.85. The third-order valence-corrected chi connectivity index (χ3v) is 5.30. The van der Waals surface area contributed by atoms with E-state index in [-0.39, 0.29) is 5.91 Å². The molecular weight excluding hydrogens is 368 g/mol. The predicted octanol–water partition coefficient (Wildman–Crippen LogP) is 0.166. The average molecular weight is 403 g/mol. The van der Waals surface area contributed by atoms with Gasteiger partial charge in [-0.05, 0) is 25.8 Å². The summed E-state index contributed by atoms with van der Waals surface area (Å²) in [6, 6.07) is 1.85. The first-order valence-corrected chi connectivity index (χ1v) is 10.8. The van der Waals surface area contributed by atoms with E-state index >= 15 is 0 Å². The molecule has 0 bridgehead atoms. The summed E-state index contributed by atoms with van der Waals surface area (Å²) in [5.41, 5.74) is 0. The van der Waals surface area contributed by atoms with Crippen LogP contribution in [0.2, 0.25) is 0 Å². The molecule has 9 heteroatoms. The summed E-state index contributed by atoms with van der Waals surface area (Å²) in [5.74, 6) is 1.97. The minimum Gasteiger partial charge on any atom is -0.357 e. The Morgan fingerprint density at radius 1 is 1.10 bits per heavy atom. The molecule has 3 rings (SSSR count). The van der Waals surface area contributed by atoms with Gasteiger partial charge in [0.25, 0.3) is 0 Å². The molecule has 2 N–H and O–H groups in total. The second kappa shape index (κ2) is 11.5. The Bertz CT molecular complexity index is 645. The van der Waals surface area contributed by atoms with Gasteiger partial charge in [-0.15, -0.1) is 0 Å². The molecular formula is C20H34N8O. The SMILES string of the molecule is CCNC(=NCCCN1CCCC1=O)NCCN1CCN(c2ncccn2)CC1. The van der Waals surface area contributed by atoms with Crippen LogP contribution in [0.3, 0.4) is 0 Å². The van der Waals surface area contributed by atoms with Crippen molar-refractivity contribution in [2.75, 3.05) is 70.3 Å². The number of anilines is 1. The molecule has 0 aromatic carbocycles. The summed E-state index contributed by atoms with van der Waals surface area (Å²) < 4.78 is 0. The van der Waals surface area contributed by atoms with Crippen LogP contribution in [-0.4, -0.2) is 97.1 Å². The van der Waals surface area contributed by atoms with Crippen LogP contribution in [0.4, 0.5) is 5.95 Å². The lowest BCUT2D eigenvalue weighted by Gasteiger charge is -2.34. The van der Waals surface area contributed by atoms with Crippen LogP contribution in [0.25, 0.3) is 0 Å². The zero-order valence-corrected chi connectivity index (χ0v) is 17.5. The highest BCUT2D eigenvalue weighted by atomic mass is 16.2. The standard InChI is InChI=1S/C20H34N8O/c1-2-21-19(22-9-5-12-27-11-3-6-18(27)29)23-10-13-26-14-16-28(17-15-26)20-24-7-4-8-25-20/h4,7-8H,2-3,5-6,9-17H2,1H3,(H2,21,22,23). The zero-order valence-electron chi connectivity index (χ0n) is 17.5. The fraction of sp³-hybridized carbons (Fsp3) is 0.700. The molecule has 29 heavy (non-hydrogen) atoms. The summed E-state index contributed by atoms with van der Waals surface area (Å²) >= 11 is 0. The number of guanidine groups is 1. The molecule has 0 unspecified atom stereocenters. The zero-order chi connectivity index (χ0) is 20.3. The fourth-order valence-corrected chi connectivity index (χ4v) is 3.69. The van der Waals surface area contributed by atoms with Crippen molar-refractivity contribution in [3.05, 3.63) is 18.5 Å². The number of aromatic nitrogens is 2. The van der Waals surface area contributed by atoms with Crippen molar-refractivity contribution in [2.24, 2.45) is 4.99 Å². The van der Waals surface area contributed by atoms with Crippen LogP contribution in [-0.2, 0) is 4.79 Å². The summed E-state index contributed by atoms with van der Waals surface area (Å²) in [6.45, 7) is 11.1. The van der Waals surface area contributed by atoms with Gasteiger partial charge < -0.3 is 20.4 Å². The van der Waals surface area contributed by atoms with Crippen molar-refractivity contribution < 1.29 is 4.79 Å². The largest absolute Gasteiger partial charge is 0.357 e. The molecule has 160 valence electrons. The van der Waals surface area contributed by atoms with Gasteiger partial charge in [-0.25, -0.2) is 9.97 Å². The quantitative estimate of drug-likeness (QED) is 0.346. The molecule has 2 fully saturated rings. The van der Waals surface area contributed by atoms with Gasteiger partial charge in [0.1, 0.15) is 0 Å². The van der Waals surface area contributed by atoms with Crippen LogP contribution in [0.5, 0.6) is 0 Å². The maximum absolute atomic E-state index is 11.6. The number of carbonyl (C=O) groups excluding carboxylic acids is 1. The van der Waals surface area contributed by atoms with E-state index in [1.807, 2.05) is 11.0 Å². The van der Waals surface area contributed by atoms with Crippen molar-refractivity contribution in [3.63, 3.8) is 0 Å². The highest BCUT2D eigenvalue weighted by molar-refractivity contribution is 5.79. The minimum atomic E-state index is 0.290. The second-order valence-corrected chi connectivity index (χ2v) is 7.40. The number of rotatable bonds is 9. The van der Waals surface area contributed by atoms with E-state index in [1.54, 1.807) is 12.4 Å². The Morgan fingerprint density at radius 3 is 2.59 bits per heavy atom. The molecule has 0 aliphatic carbocycles. The Hall–Kier alpha value is -2.42. The second-order valence-electron chi connectivity index (χ2n) is 7.40. The molecule has 0 atom stereocenters. The molecule has 2 saturated heterocycles. The van der Waals surface area contributed by atoms with E-state index in [9.17, 15) is 4.79 Å². The number of amides is 1. The number of nitrogens with zero attached hydrogens (tertiary/aromatic N) is 6. The predicted molar refractivity (Wildman–Crippen MR) is 115 cm³/mol. The molecule has 0 saturated carbocycles. The molecule has 1 amide bonds. The molecule has 3 heterocycles. The topological polar surface area (TPSA) is 89.0 Å². The van der Waals surface area contributed by atoms with Crippen molar-refractivity contribution >= 4 is 17.8 Å². The van der Waals surface area contributed by atoms with E-state index in [4.69, 9.17) is 0 Å². The Balaban J connectivity index is 1.32. The van der Waals surface area contributed by atoms with Crippen LogP contribution in [0.15, 0.2) is 23.5 Å². The summed E-state index contributed by atoms with van der Waals surface area (Å²) in [4.78, 5) is 31.6. The van der Waals surface area contributed by atoms with Crippen molar-refractivity contribution in [2.45, 2.75) is 26.2 Å². The number of carbonyl (C=O) groups is 1. The van der Waals surface area contributed by atoms with E-state index in [1.165, 1.54) is 0 Å². The van der Waals surface area contributed by atoms with Gasteiger partial charge in [0, 0.05) is 84.3 Å². The van der Waals surface area contributed by atoms with Gasteiger partial charge in [-0.3, -0.25) is 14.7 Å². The molecule has 1 aromatic heterocycles. The first-order chi connectivity index (χ1) is 14.3. The van der Waals surface area contributed by atoms with E-state index in [0.717, 1.165) is 90.2 Å². The highest BCUT2D eigenvalue weighted by Gasteiger charge is 2.19. The summed E-state index contributed by atoms with van der Waals surface area (Å²) in [7, 11) is 0. The molecule has 2 aliphatic heterocycles. The summed E-state index contributed by atoms with van der Waals surface area (Å²) in [6.07, 6.45) is 6.21. The van der Waals surface area contributed by atoms with Crippen LogP contribution < -0.4 is 15.5 Å². The highest BCUT2D eigenvalue weighted by Crippen LogP contribution is 2.10. The maximum Gasteiger partial charge on any atom is 0.225 e. The van der Waals surface area contributed by atoms with Gasteiger partial charge in [-0.2, -0.15) is 0 Å². The first kappa shape index (κ1) is 21.3. The van der Waals surface area contributed by atoms with Crippen LogP contribution in [0, 0.1) is 0 Å². The van der Waals surface area contributed by atoms with Crippen molar-refractivity contribution in [3.8, 4) is 0 Å². The minimum absolute atomic E-state index is 0.290. The van der Waals surface area contributed by atoms with E-state index in [0.29, 0.717) is 6.42 Å². The number of piperazine rings is 1. The Labute approximate surface area is 173 Å². The fourth-order valence-electron chi connectivity index (χ4n) is 3.69. The Morgan fingerprint density at radius 2 is 1.90 bits per heavy atom. The molecule has 9 nitrogen and oxygen atoms in total. The lowest BCUT2D eigenvalue weighted by Crippen LogP contribution is -2.49. The number of hydrogen-bond donors (Lipinski definition) is 2. The monoisotopic (exact) mass is 402 g/mol. The number of nitrogens with one attached hydrogen (secondary N) is 2. The van der Waals surface area contributed by atoms with Crippen LogP contribution in [0.1, 0.15) is 26.2 Å². The third-order valence-electron chi connectivity index (χ3n) is 5.30. The van der Waals surface area contributed by atoms with E-state index < -0.39 is 0 Å². The molecule has 0 spiro atoms. The smallest absolute Gasteiger partial charge is 0.225 e. The number of likely N-dealkylation sites (tertiary alicyclic amines) is 1. The number of aliphatic imine (C=N–C) groups is 1.